The first-order chi connectivity index (χ1) is 11.3. The molecular formula is C17H19NO5. The van der Waals surface area contributed by atoms with Crippen LogP contribution in [0.1, 0.15) is 5.56 Å². The van der Waals surface area contributed by atoms with E-state index in [2.05, 4.69) is 5.16 Å². The Kier molecular flexibility index (Phi) is 6.11. The van der Waals surface area contributed by atoms with Crippen molar-refractivity contribution in [1.82, 2.24) is 0 Å². The number of benzene rings is 2. The molecule has 6 nitrogen and oxygen atoms in total. The van der Waals surface area contributed by atoms with E-state index in [9.17, 15) is 0 Å². The molecule has 0 aliphatic carbocycles. The average Bonchev–Trinajstić information content (AvgIpc) is 2.60. The van der Waals surface area contributed by atoms with Crippen molar-refractivity contribution in [2.75, 3.05) is 27.4 Å². The van der Waals surface area contributed by atoms with Gasteiger partial charge in [-0.1, -0.05) is 17.3 Å². The highest BCUT2D eigenvalue weighted by molar-refractivity contribution is 5.80. The fourth-order valence-corrected chi connectivity index (χ4v) is 1.99. The van der Waals surface area contributed by atoms with Crippen LogP contribution in [0.15, 0.2) is 47.6 Å². The number of hydrogen-bond donors (Lipinski definition) is 1. The third-order valence-corrected chi connectivity index (χ3v) is 3.06. The van der Waals surface area contributed by atoms with Crippen LogP contribution in [0, 0.1) is 0 Å². The predicted molar refractivity (Wildman–Crippen MR) is 86.4 cm³/mol. The maximum Gasteiger partial charge on any atom is 0.161 e. The quantitative estimate of drug-likeness (QED) is 0.351. The molecule has 0 radical (unpaired) electrons. The molecule has 0 saturated carbocycles. The molecule has 0 unspecified atom stereocenters. The van der Waals surface area contributed by atoms with E-state index in [0.717, 1.165) is 0 Å². The summed E-state index contributed by atoms with van der Waals surface area (Å²) in [5.74, 6) is 2.49. The second-order valence-corrected chi connectivity index (χ2v) is 4.50. The van der Waals surface area contributed by atoms with Crippen molar-refractivity contribution in [2.45, 2.75) is 0 Å². The van der Waals surface area contributed by atoms with E-state index in [1.807, 2.05) is 24.3 Å². The Morgan fingerprint density at radius 1 is 0.870 bits per heavy atom. The Bertz CT molecular complexity index is 657. The number of oxime groups is 1. The summed E-state index contributed by atoms with van der Waals surface area (Å²) in [5, 5.41) is 11.5. The Hall–Kier alpha value is -2.89. The van der Waals surface area contributed by atoms with Crippen molar-refractivity contribution in [2.24, 2.45) is 5.16 Å². The smallest absolute Gasteiger partial charge is 0.161 e. The van der Waals surface area contributed by atoms with Crippen molar-refractivity contribution in [3.05, 3.63) is 48.0 Å². The largest absolute Gasteiger partial charge is 0.493 e. The minimum atomic E-state index is 0.349. The van der Waals surface area contributed by atoms with Gasteiger partial charge in [-0.2, -0.15) is 0 Å². The van der Waals surface area contributed by atoms with Crippen molar-refractivity contribution in [3.63, 3.8) is 0 Å². The Balaban J connectivity index is 1.91. The molecule has 0 amide bonds. The van der Waals surface area contributed by atoms with Gasteiger partial charge in [0.25, 0.3) is 0 Å². The van der Waals surface area contributed by atoms with E-state index < -0.39 is 0 Å². The highest BCUT2D eigenvalue weighted by atomic mass is 16.5. The molecule has 2 aromatic rings. The van der Waals surface area contributed by atoms with E-state index in [1.54, 1.807) is 32.4 Å². The van der Waals surface area contributed by atoms with Gasteiger partial charge in [0.05, 0.1) is 20.4 Å². The van der Waals surface area contributed by atoms with Gasteiger partial charge in [0.2, 0.25) is 0 Å². The van der Waals surface area contributed by atoms with Crippen LogP contribution < -0.4 is 18.9 Å². The number of hydrogen-bond acceptors (Lipinski definition) is 6. The Labute approximate surface area is 134 Å². The van der Waals surface area contributed by atoms with Crippen molar-refractivity contribution < 1.29 is 24.2 Å². The molecule has 23 heavy (non-hydrogen) atoms. The lowest BCUT2D eigenvalue weighted by Gasteiger charge is -2.13. The van der Waals surface area contributed by atoms with Gasteiger partial charge in [0.1, 0.15) is 13.2 Å². The summed E-state index contributed by atoms with van der Waals surface area (Å²) >= 11 is 0. The maximum atomic E-state index is 8.55. The molecule has 0 saturated heterocycles. The highest BCUT2D eigenvalue weighted by Gasteiger charge is 2.06. The molecule has 0 aliphatic rings. The van der Waals surface area contributed by atoms with Gasteiger partial charge in [-0.05, 0) is 30.3 Å². The van der Waals surface area contributed by atoms with E-state index in [4.69, 9.17) is 24.2 Å². The van der Waals surface area contributed by atoms with Gasteiger partial charge in [0, 0.05) is 5.56 Å². The molecule has 0 aromatic heterocycles. The van der Waals surface area contributed by atoms with Crippen molar-refractivity contribution in [3.8, 4) is 23.0 Å². The summed E-state index contributed by atoms with van der Waals surface area (Å²) in [4.78, 5) is 0. The number of methoxy groups -OCH3 is 2. The number of para-hydroxylation sites is 2. The van der Waals surface area contributed by atoms with Crippen LogP contribution in [0.25, 0.3) is 0 Å². The first-order valence-electron chi connectivity index (χ1n) is 7.02. The molecule has 0 spiro atoms. The summed E-state index contributed by atoms with van der Waals surface area (Å²) in [6.07, 6.45) is 1.32. The molecule has 0 fully saturated rings. The molecule has 0 heterocycles. The molecule has 0 aliphatic heterocycles. The topological polar surface area (TPSA) is 69.5 Å². The van der Waals surface area contributed by atoms with Crippen molar-refractivity contribution >= 4 is 6.21 Å². The van der Waals surface area contributed by atoms with Gasteiger partial charge >= 0.3 is 0 Å². The molecule has 2 aromatic carbocycles. The van der Waals surface area contributed by atoms with Crippen LogP contribution in [0.3, 0.4) is 0 Å². The normalized spacial score (nSPS) is 10.5. The second-order valence-electron chi connectivity index (χ2n) is 4.50. The molecule has 6 heteroatoms. The second kappa shape index (κ2) is 8.53. The SMILES string of the molecule is COc1ccccc1OCCOc1ccc(/C=N/O)cc1OC. The van der Waals surface area contributed by atoms with Gasteiger partial charge in [-0.3, -0.25) is 0 Å². The van der Waals surface area contributed by atoms with E-state index in [0.29, 0.717) is 41.8 Å². The van der Waals surface area contributed by atoms with E-state index in [-0.39, 0.29) is 0 Å². The standard InChI is InChI=1S/C17H19NO5/c1-20-14-5-3-4-6-15(14)22-9-10-23-16-8-7-13(12-18-19)11-17(16)21-2/h3-8,11-12,19H,9-10H2,1-2H3/b18-12+. The van der Waals surface area contributed by atoms with Crippen LogP contribution >= 0.6 is 0 Å². The Morgan fingerprint density at radius 3 is 2.09 bits per heavy atom. The lowest BCUT2D eigenvalue weighted by Crippen LogP contribution is -2.10. The molecule has 0 bridgehead atoms. The summed E-state index contributed by atoms with van der Waals surface area (Å²) in [6.45, 7) is 0.714. The van der Waals surface area contributed by atoms with Crippen molar-refractivity contribution in [1.29, 1.82) is 0 Å². The van der Waals surface area contributed by atoms with Gasteiger partial charge < -0.3 is 24.2 Å². The molecule has 1 N–H and O–H groups in total. The van der Waals surface area contributed by atoms with E-state index in [1.165, 1.54) is 6.21 Å². The minimum absolute atomic E-state index is 0.349. The van der Waals surface area contributed by atoms with Crippen LogP contribution in [-0.2, 0) is 0 Å². The number of rotatable bonds is 8. The zero-order valence-electron chi connectivity index (χ0n) is 13.1. The van der Waals surface area contributed by atoms with Crippen LogP contribution in [0.2, 0.25) is 0 Å². The number of nitrogens with zero attached hydrogens (tertiary/aromatic N) is 1. The maximum absolute atomic E-state index is 8.55. The summed E-state index contributed by atoms with van der Waals surface area (Å²) in [7, 11) is 3.15. The monoisotopic (exact) mass is 317 g/mol. The molecular weight excluding hydrogens is 298 g/mol. The summed E-state index contributed by atoms with van der Waals surface area (Å²) in [5.41, 5.74) is 0.710. The van der Waals surface area contributed by atoms with Crippen LogP contribution in [-0.4, -0.2) is 38.9 Å². The number of ether oxygens (including phenoxy) is 4. The predicted octanol–water partition coefficient (Wildman–Crippen LogP) is 2.97. The fraction of sp³-hybridized carbons (Fsp3) is 0.235. The first kappa shape index (κ1) is 16.5. The minimum Gasteiger partial charge on any atom is -0.493 e. The Morgan fingerprint density at radius 2 is 1.48 bits per heavy atom. The van der Waals surface area contributed by atoms with Crippen LogP contribution in [0.5, 0.6) is 23.0 Å². The molecule has 2 rings (SSSR count). The van der Waals surface area contributed by atoms with E-state index >= 15 is 0 Å². The first-order valence-corrected chi connectivity index (χ1v) is 7.02. The third-order valence-electron chi connectivity index (χ3n) is 3.06. The van der Waals surface area contributed by atoms with Gasteiger partial charge in [-0.15, -0.1) is 0 Å². The average molecular weight is 317 g/mol. The lowest BCUT2D eigenvalue weighted by atomic mass is 10.2. The van der Waals surface area contributed by atoms with Gasteiger partial charge in [0.15, 0.2) is 23.0 Å². The third kappa shape index (κ3) is 4.54. The zero-order chi connectivity index (χ0) is 16.5. The van der Waals surface area contributed by atoms with Gasteiger partial charge in [-0.25, -0.2) is 0 Å². The van der Waals surface area contributed by atoms with Crippen LogP contribution in [0.4, 0.5) is 0 Å². The highest BCUT2D eigenvalue weighted by Crippen LogP contribution is 2.28. The lowest BCUT2D eigenvalue weighted by molar-refractivity contribution is 0.206. The molecule has 0 atom stereocenters. The summed E-state index contributed by atoms with van der Waals surface area (Å²) < 4.78 is 21.8. The zero-order valence-corrected chi connectivity index (χ0v) is 13.1. The summed E-state index contributed by atoms with van der Waals surface area (Å²) in [6, 6.07) is 12.7. The molecule has 122 valence electrons. The fourth-order valence-electron chi connectivity index (χ4n) is 1.99.